The van der Waals surface area contributed by atoms with Crippen molar-refractivity contribution >= 4 is 11.6 Å². The maximum atomic E-state index is 13.4. The number of morpholine rings is 1. The van der Waals surface area contributed by atoms with E-state index in [4.69, 9.17) is 9.47 Å². The number of benzene rings is 1. The van der Waals surface area contributed by atoms with E-state index in [0.29, 0.717) is 12.5 Å². The number of anilines is 1. The maximum Gasteiger partial charge on any atom is 0.230 e. The summed E-state index contributed by atoms with van der Waals surface area (Å²) in [5, 5.41) is 0. The molecule has 0 bridgehead atoms. The minimum atomic E-state index is 0.173. The Hall–Kier alpha value is -2.35. The molecule has 3 aliphatic heterocycles. The van der Waals surface area contributed by atoms with E-state index >= 15 is 0 Å². The van der Waals surface area contributed by atoms with Crippen LogP contribution in [0.2, 0.25) is 0 Å². The van der Waals surface area contributed by atoms with Gasteiger partial charge in [0.15, 0.2) is 0 Å². The third-order valence-electron chi connectivity index (χ3n) is 7.77. The molecule has 184 valence electrons. The molecule has 3 heterocycles. The Kier molecular flexibility index (Phi) is 7.23. The number of hydrogen-bond donors (Lipinski definition) is 0. The number of methoxy groups -OCH3 is 1. The summed E-state index contributed by atoms with van der Waals surface area (Å²) < 4.78 is 11.3. The van der Waals surface area contributed by atoms with Crippen molar-refractivity contribution < 1.29 is 14.3 Å². The predicted octanol–water partition coefficient (Wildman–Crippen LogP) is 2.49. The molecule has 1 atom stereocenters. The maximum absolute atomic E-state index is 13.4. The lowest BCUT2D eigenvalue weighted by Gasteiger charge is -2.43. The zero-order valence-electron chi connectivity index (χ0n) is 20.7. The fraction of sp³-hybridized carbons (Fsp3) is 0.593. The van der Waals surface area contributed by atoms with Gasteiger partial charge in [-0.25, -0.2) is 0 Å². The van der Waals surface area contributed by atoms with Crippen molar-refractivity contribution in [2.24, 2.45) is 0 Å². The summed E-state index contributed by atoms with van der Waals surface area (Å²) in [5.41, 5.74) is 4.89. The van der Waals surface area contributed by atoms with E-state index in [1.165, 1.54) is 16.8 Å². The second kappa shape index (κ2) is 10.5. The molecule has 1 amide bonds. The first kappa shape index (κ1) is 23.4. The summed E-state index contributed by atoms with van der Waals surface area (Å²) in [7, 11) is 3.98. The smallest absolute Gasteiger partial charge is 0.230 e. The topological polar surface area (TPSA) is 48.5 Å². The van der Waals surface area contributed by atoms with Gasteiger partial charge in [0, 0.05) is 70.2 Å². The van der Waals surface area contributed by atoms with E-state index in [0.717, 1.165) is 89.6 Å². The molecule has 1 unspecified atom stereocenters. The second-order valence-electron chi connectivity index (χ2n) is 9.87. The van der Waals surface area contributed by atoms with Crippen molar-refractivity contribution in [3.63, 3.8) is 0 Å². The summed E-state index contributed by atoms with van der Waals surface area (Å²) in [6.07, 6.45) is 5.50. The predicted molar refractivity (Wildman–Crippen MR) is 134 cm³/mol. The number of hydrogen-bond acceptors (Lipinski definition) is 6. The molecule has 1 aromatic rings. The third kappa shape index (κ3) is 5.02. The number of likely N-dealkylation sites (N-methyl/N-ethyl adjacent to an activating group) is 1. The van der Waals surface area contributed by atoms with Gasteiger partial charge in [0.05, 0.1) is 32.5 Å². The molecule has 1 aromatic carbocycles. The fourth-order valence-corrected chi connectivity index (χ4v) is 5.74. The molecule has 5 rings (SSSR count). The van der Waals surface area contributed by atoms with Gasteiger partial charge in [0.2, 0.25) is 5.91 Å². The highest BCUT2D eigenvalue weighted by Gasteiger charge is 2.35. The number of rotatable bonds is 5. The van der Waals surface area contributed by atoms with Crippen LogP contribution in [-0.2, 0) is 20.7 Å². The van der Waals surface area contributed by atoms with E-state index in [-0.39, 0.29) is 5.91 Å². The molecule has 7 nitrogen and oxygen atoms in total. The number of fused-ring (bicyclic) bond motifs is 1. The molecule has 7 heteroatoms. The lowest BCUT2D eigenvalue weighted by atomic mass is 9.83. The van der Waals surface area contributed by atoms with Gasteiger partial charge in [0.25, 0.3) is 0 Å². The van der Waals surface area contributed by atoms with Crippen LogP contribution in [0.3, 0.4) is 0 Å². The average Bonchev–Trinajstić information content (AvgIpc) is 2.89. The molecule has 0 radical (unpaired) electrons. The zero-order valence-corrected chi connectivity index (χ0v) is 20.7. The zero-order chi connectivity index (χ0) is 23.5. The van der Waals surface area contributed by atoms with Crippen molar-refractivity contribution in [3.8, 4) is 0 Å². The Balaban J connectivity index is 1.33. The number of allylic oxidation sites excluding steroid dienone is 1. The lowest BCUT2D eigenvalue weighted by molar-refractivity contribution is -0.128. The molecule has 2 saturated heterocycles. The number of amides is 1. The Labute approximate surface area is 203 Å². The van der Waals surface area contributed by atoms with Crippen LogP contribution in [-0.4, -0.2) is 99.8 Å². The average molecular weight is 467 g/mol. The van der Waals surface area contributed by atoms with Crippen molar-refractivity contribution in [1.82, 2.24) is 14.7 Å². The molecule has 0 saturated carbocycles. The highest BCUT2D eigenvalue weighted by molar-refractivity contribution is 5.80. The summed E-state index contributed by atoms with van der Waals surface area (Å²) in [4.78, 5) is 22.7. The van der Waals surface area contributed by atoms with Gasteiger partial charge in [-0.05, 0) is 48.7 Å². The van der Waals surface area contributed by atoms with Crippen LogP contribution in [0.15, 0.2) is 47.4 Å². The van der Waals surface area contributed by atoms with Gasteiger partial charge in [-0.1, -0.05) is 12.1 Å². The summed E-state index contributed by atoms with van der Waals surface area (Å²) in [5.74, 6) is 1.29. The number of piperazine rings is 1. The Morgan fingerprint density at radius 3 is 2.62 bits per heavy atom. The van der Waals surface area contributed by atoms with Crippen LogP contribution in [0, 0.1) is 0 Å². The lowest BCUT2D eigenvalue weighted by Crippen LogP contribution is -2.51. The number of carbonyl (C=O) groups excluding carboxylic acids is 1. The van der Waals surface area contributed by atoms with Gasteiger partial charge in [-0.3, -0.25) is 9.69 Å². The van der Waals surface area contributed by atoms with E-state index in [1.807, 2.05) is 4.90 Å². The highest BCUT2D eigenvalue weighted by Crippen LogP contribution is 2.38. The molecular weight excluding hydrogens is 428 g/mol. The Morgan fingerprint density at radius 1 is 1.06 bits per heavy atom. The van der Waals surface area contributed by atoms with Gasteiger partial charge >= 0.3 is 0 Å². The van der Waals surface area contributed by atoms with Gasteiger partial charge in [0.1, 0.15) is 0 Å². The minimum Gasteiger partial charge on any atom is -0.501 e. The molecular formula is C27H38N4O3. The molecule has 2 fully saturated rings. The van der Waals surface area contributed by atoms with E-state index < -0.39 is 0 Å². The van der Waals surface area contributed by atoms with Gasteiger partial charge in [-0.15, -0.1) is 0 Å². The largest absolute Gasteiger partial charge is 0.501 e. The molecule has 0 N–H and O–H groups in total. The van der Waals surface area contributed by atoms with Gasteiger partial charge < -0.3 is 24.2 Å². The van der Waals surface area contributed by atoms with E-state index in [2.05, 4.69) is 52.2 Å². The summed E-state index contributed by atoms with van der Waals surface area (Å²) >= 11 is 0. The standard InChI is InChI=1S/C27H38N4O3/c1-28-10-12-30(13-11-28)25-6-7-26(33-2)23-8-9-31(20-24(23)25)27(32)19-21-4-3-5-22(18-21)29-14-16-34-17-15-29/h3-5,18,20,25H,6-17,19H2,1-2H3. The summed E-state index contributed by atoms with van der Waals surface area (Å²) in [6.45, 7) is 8.41. The molecule has 0 spiro atoms. The third-order valence-corrected chi connectivity index (χ3v) is 7.77. The Morgan fingerprint density at radius 2 is 1.85 bits per heavy atom. The first-order valence-corrected chi connectivity index (χ1v) is 12.7. The van der Waals surface area contributed by atoms with E-state index in [1.54, 1.807) is 7.11 Å². The van der Waals surface area contributed by atoms with Crippen LogP contribution in [0.25, 0.3) is 0 Å². The van der Waals surface area contributed by atoms with Crippen molar-refractivity contribution in [3.05, 3.63) is 52.9 Å². The first-order chi connectivity index (χ1) is 16.6. The minimum absolute atomic E-state index is 0.173. The van der Waals surface area contributed by atoms with Crippen LogP contribution in [0.5, 0.6) is 0 Å². The summed E-state index contributed by atoms with van der Waals surface area (Å²) in [6, 6.07) is 8.82. The highest BCUT2D eigenvalue weighted by atomic mass is 16.5. The number of ether oxygens (including phenoxy) is 2. The molecule has 34 heavy (non-hydrogen) atoms. The van der Waals surface area contributed by atoms with Crippen LogP contribution >= 0.6 is 0 Å². The molecule has 0 aromatic heterocycles. The normalized spacial score (nSPS) is 24.6. The second-order valence-corrected chi connectivity index (χ2v) is 9.87. The SMILES string of the molecule is COC1=C2CCN(C(=O)Cc3cccc(N4CCOCC4)c3)C=C2C(N2CCN(C)CC2)CC1. The molecule has 1 aliphatic carbocycles. The number of carbonyl (C=O) groups is 1. The van der Waals surface area contributed by atoms with Crippen LogP contribution < -0.4 is 4.90 Å². The Bertz CT molecular complexity index is 945. The van der Waals surface area contributed by atoms with Crippen molar-refractivity contribution in [2.45, 2.75) is 31.7 Å². The van der Waals surface area contributed by atoms with Gasteiger partial charge in [-0.2, -0.15) is 0 Å². The first-order valence-electron chi connectivity index (χ1n) is 12.7. The van der Waals surface area contributed by atoms with Crippen molar-refractivity contribution in [2.75, 3.05) is 78.1 Å². The van der Waals surface area contributed by atoms with E-state index in [9.17, 15) is 4.79 Å². The van der Waals surface area contributed by atoms with Crippen molar-refractivity contribution in [1.29, 1.82) is 0 Å². The number of nitrogens with zero attached hydrogens (tertiary/aromatic N) is 4. The fourth-order valence-electron chi connectivity index (χ4n) is 5.74. The quantitative estimate of drug-likeness (QED) is 0.665. The monoisotopic (exact) mass is 466 g/mol. The molecule has 4 aliphatic rings. The van der Waals surface area contributed by atoms with Crippen LogP contribution in [0.1, 0.15) is 24.8 Å². The van der Waals surface area contributed by atoms with Crippen LogP contribution in [0.4, 0.5) is 5.69 Å².